The quantitative estimate of drug-likeness (QED) is 0.240. The molecular weight excluding hydrogens is 644 g/mol. The lowest BCUT2D eigenvalue weighted by molar-refractivity contribution is -0.228. The zero-order chi connectivity index (χ0) is 36.1. The average molecular weight is 681 g/mol. The third kappa shape index (κ3) is 4.40. The van der Waals surface area contributed by atoms with Crippen LogP contribution in [0.3, 0.4) is 0 Å². The number of aliphatic imine (C=N–C) groups is 1. The lowest BCUT2D eigenvalue weighted by Crippen LogP contribution is -2.65. The number of hydrogen-bond acceptors (Lipinski definition) is 15. The van der Waals surface area contributed by atoms with Crippen molar-refractivity contribution in [2.24, 2.45) is 16.1 Å². The van der Waals surface area contributed by atoms with Gasteiger partial charge in [0.05, 0.1) is 35.9 Å². The maximum absolute atomic E-state index is 14.5. The van der Waals surface area contributed by atoms with Gasteiger partial charge in [-0.25, -0.2) is 9.79 Å². The van der Waals surface area contributed by atoms with Gasteiger partial charge < -0.3 is 50.2 Å². The first-order valence-corrected chi connectivity index (χ1v) is 15.3. The van der Waals surface area contributed by atoms with Crippen LogP contribution in [0.5, 0.6) is 11.5 Å². The van der Waals surface area contributed by atoms with Gasteiger partial charge in [-0.15, -0.1) is 0 Å². The number of aliphatic hydroxyl groups excluding tert-OH is 2. The molecule has 1 heterocycles. The Morgan fingerprint density at radius 2 is 1.65 bits per heavy atom. The van der Waals surface area contributed by atoms with Gasteiger partial charge in [0.1, 0.15) is 41.1 Å². The SMILES string of the molecule is COC(=O)c1c(C)cc2c(c1O)[C@]1(O)C(=O)c3cc4c(c(O)c3C(=O)[C@]1(C)[C@H](O)C2)C(N)=CC(=N[C@H]1O[C@@H](C)[C@H](OC)[C@@H](O)[C@H]1OC)C4=O. The van der Waals surface area contributed by atoms with E-state index >= 15 is 0 Å². The first-order chi connectivity index (χ1) is 23.0. The molecule has 0 spiro atoms. The van der Waals surface area contributed by atoms with E-state index in [4.69, 9.17) is 24.7 Å². The molecule has 1 saturated heterocycles. The standard InChI is InChI=1S/C34H36N2O13/c1-11-7-13-8-18(37)33(3)30(43)21-15(29(42)34(33,45)22(13)25(40)19(11)32(44)48-6)9-14-20(24(21)39)16(35)10-17(23(14)38)36-31-28(47-5)26(41)27(46-4)12(2)49-31/h7,9-10,12,18,26-28,31,37,39-41,45H,8,35H2,1-6H3/t12-,18+,26+,27-,28+,31-,33-,34-/m0/s1. The third-order valence-electron chi connectivity index (χ3n) is 10.4. The van der Waals surface area contributed by atoms with Gasteiger partial charge in [-0.3, -0.25) is 14.4 Å². The van der Waals surface area contributed by atoms with Crippen LogP contribution in [0.15, 0.2) is 23.2 Å². The number of allylic oxidation sites excluding steroid dienone is 1. The number of methoxy groups -OCH3 is 3. The third-order valence-corrected chi connectivity index (χ3v) is 10.4. The van der Waals surface area contributed by atoms with Gasteiger partial charge in [0.25, 0.3) is 0 Å². The fraction of sp³-hybridized carbons (Fsp3) is 0.441. The molecule has 15 heteroatoms. The summed E-state index contributed by atoms with van der Waals surface area (Å²) >= 11 is 0. The summed E-state index contributed by atoms with van der Waals surface area (Å²) in [5, 5.41) is 57.5. The van der Waals surface area contributed by atoms with Crippen molar-refractivity contribution in [3.8, 4) is 11.5 Å². The van der Waals surface area contributed by atoms with Crippen molar-refractivity contribution in [2.75, 3.05) is 21.3 Å². The van der Waals surface area contributed by atoms with Crippen molar-refractivity contribution in [1.82, 2.24) is 0 Å². The lowest BCUT2D eigenvalue weighted by Gasteiger charge is -2.52. The van der Waals surface area contributed by atoms with Gasteiger partial charge in [-0.1, -0.05) is 6.07 Å². The molecule has 49 heavy (non-hydrogen) atoms. The van der Waals surface area contributed by atoms with E-state index in [1.54, 1.807) is 6.92 Å². The molecule has 0 saturated carbocycles. The zero-order valence-electron chi connectivity index (χ0n) is 27.4. The molecule has 1 aliphatic heterocycles. The van der Waals surface area contributed by atoms with Gasteiger partial charge in [0, 0.05) is 43.0 Å². The molecule has 0 aromatic heterocycles. The summed E-state index contributed by atoms with van der Waals surface area (Å²) in [5.41, 5.74) is -1.92. The lowest BCUT2D eigenvalue weighted by atomic mass is 9.51. The van der Waals surface area contributed by atoms with Crippen molar-refractivity contribution in [2.45, 2.75) is 69.5 Å². The number of phenols is 2. The number of esters is 1. The highest BCUT2D eigenvalue weighted by atomic mass is 16.6. The monoisotopic (exact) mass is 680 g/mol. The van der Waals surface area contributed by atoms with Crippen molar-refractivity contribution in [1.29, 1.82) is 0 Å². The highest BCUT2D eigenvalue weighted by Gasteiger charge is 2.69. The number of carbonyl (C=O) groups excluding carboxylic acids is 4. The number of carbonyl (C=O) groups is 4. The Bertz CT molecular complexity index is 1920. The highest BCUT2D eigenvalue weighted by molar-refractivity contribution is 6.53. The maximum Gasteiger partial charge on any atom is 0.341 e. The minimum atomic E-state index is -2.98. The number of fused-ring (bicyclic) bond motifs is 5. The molecule has 0 radical (unpaired) electrons. The first-order valence-electron chi connectivity index (χ1n) is 15.3. The molecule has 6 rings (SSSR count). The number of nitrogens with two attached hydrogens (primary N) is 1. The van der Waals surface area contributed by atoms with Crippen LogP contribution in [0, 0.1) is 12.3 Å². The minimum absolute atomic E-state index is 0.0897. The van der Waals surface area contributed by atoms with E-state index in [-0.39, 0.29) is 45.6 Å². The first kappa shape index (κ1) is 34.4. The average Bonchev–Trinajstić information content (AvgIpc) is 3.04. The number of nitrogens with zero attached hydrogens (tertiary/aromatic N) is 1. The Hall–Kier alpha value is -4.51. The summed E-state index contributed by atoms with van der Waals surface area (Å²) in [5.74, 6) is -5.81. The number of benzene rings is 2. The van der Waals surface area contributed by atoms with Crippen LogP contribution in [-0.4, -0.2) is 113 Å². The van der Waals surface area contributed by atoms with Gasteiger partial charge in [0.15, 0.2) is 17.6 Å². The summed E-state index contributed by atoms with van der Waals surface area (Å²) in [7, 11) is 3.78. The van der Waals surface area contributed by atoms with Crippen LogP contribution in [0.2, 0.25) is 0 Å². The van der Waals surface area contributed by atoms with Crippen molar-refractivity contribution >= 4 is 34.7 Å². The number of aromatic hydroxyl groups is 2. The number of ether oxygens (including phenoxy) is 4. The molecule has 0 bridgehead atoms. The minimum Gasteiger partial charge on any atom is -0.507 e. The summed E-state index contributed by atoms with van der Waals surface area (Å²) in [6.45, 7) is 4.24. The van der Waals surface area contributed by atoms with Crippen LogP contribution >= 0.6 is 0 Å². The summed E-state index contributed by atoms with van der Waals surface area (Å²) < 4.78 is 21.4. The second kappa shape index (κ2) is 11.5. The Labute approximate surface area is 279 Å². The molecule has 2 aromatic carbocycles. The fourth-order valence-corrected chi connectivity index (χ4v) is 7.73. The van der Waals surface area contributed by atoms with Crippen molar-refractivity contribution in [3.05, 3.63) is 62.7 Å². The Kier molecular flexibility index (Phi) is 8.09. The number of hydrogen-bond donors (Lipinski definition) is 6. The second-order valence-electron chi connectivity index (χ2n) is 12.9. The molecule has 3 aliphatic carbocycles. The predicted octanol–water partition coefficient (Wildman–Crippen LogP) is 0.456. The van der Waals surface area contributed by atoms with E-state index < -0.39 is 99.3 Å². The molecule has 1 fully saturated rings. The maximum atomic E-state index is 14.5. The molecule has 0 amide bonds. The zero-order valence-corrected chi connectivity index (χ0v) is 27.4. The number of phenolic OH excluding ortho intramolecular Hbond substituents is 2. The normalized spacial score (nSPS) is 33.0. The van der Waals surface area contributed by atoms with Crippen LogP contribution in [0.4, 0.5) is 0 Å². The molecule has 15 nitrogen and oxygen atoms in total. The number of ketones is 3. The van der Waals surface area contributed by atoms with Crippen molar-refractivity contribution < 1.29 is 63.7 Å². The van der Waals surface area contributed by atoms with Crippen LogP contribution in [-0.2, 0) is 31.0 Å². The number of aliphatic hydroxyl groups is 3. The Balaban J connectivity index is 1.54. The molecule has 260 valence electrons. The van der Waals surface area contributed by atoms with E-state index in [1.807, 2.05) is 0 Å². The predicted molar refractivity (Wildman–Crippen MR) is 169 cm³/mol. The summed E-state index contributed by atoms with van der Waals surface area (Å²) in [4.78, 5) is 59.9. The number of Topliss-reactive ketones (excluding diaryl/α,β-unsaturated/α-hetero) is 3. The molecule has 7 N–H and O–H groups in total. The summed E-state index contributed by atoms with van der Waals surface area (Å²) in [6, 6.07) is 2.38. The van der Waals surface area contributed by atoms with Crippen LogP contribution in [0.1, 0.15) is 77.5 Å². The van der Waals surface area contributed by atoms with Crippen molar-refractivity contribution in [3.63, 3.8) is 0 Å². The highest BCUT2D eigenvalue weighted by Crippen LogP contribution is 2.59. The van der Waals surface area contributed by atoms with E-state index in [2.05, 4.69) is 4.99 Å². The van der Waals surface area contributed by atoms with E-state index in [0.717, 1.165) is 26.2 Å². The van der Waals surface area contributed by atoms with Gasteiger partial charge in [-0.2, -0.15) is 0 Å². The Morgan fingerprint density at radius 3 is 2.27 bits per heavy atom. The van der Waals surface area contributed by atoms with Gasteiger partial charge >= 0.3 is 5.97 Å². The van der Waals surface area contributed by atoms with Gasteiger partial charge in [0.2, 0.25) is 11.6 Å². The van der Waals surface area contributed by atoms with E-state index in [9.17, 15) is 44.7 Å². The van der Waals surface area contributed by atoms with E-state index in [0.29, 0.717) is 0 Å². The fourth-order valence-electron chi connectivity index (χ4n) is 7.73. The molecule has 4 aliphatic rings. The topological polar surface area (TPSA) is 245 Å². The molecule has 2 aromatic rings. The Morgan fingerprint density at radius 1 is 1.00 bits per heavy atom. The van der Waals surface area contributed by atoms with Crippen LogP contribution in [0.25, 0.3) is 5.70 Å². The molecule has 8 atom stereocenters. The number of aryl methyl sites for hydroxylation is 1. The van der Waals surface area contributed by atoms with Crippen LogP contribution < -0.4 is 5.73 Å². The largest absolute Gasteiger partial charge is 0.507 e. The smallest absolute Gasteiger partial charge is 0.341 e. The second-order valence-corrected chi connectivity index (χ2v) is 12.9. The molecule has 0 unspecified atom stereocenters. The summed E-state index contributed by atoms with van der Waals surface area (Å²) in [6.07, 6.45) is -5.78. The van der Waals surface area contributed by atoms with Gasteiger partial charge in [-0.05, 0) is 44.0 Å². The number of rotatable bonds is 4. The molecular formula is C34H36N2O13. The van der Waals surface area contributed by atoms with E-state index in [1.165, 1.54) is 27.2 Å².